The molecular weight excluding hydrogens is 362 g/mol. The second-order valence-electron chi connectivity index (χ2n) is 7.10. The van der Waals surface area contributed by atoms with Crippen molar-refractivity contribution in [3.8, 4) is 11.4 Å². The molecule has 1 aromatic heterocycles. The minimum absolute atomic E-state index is 0.0156. The van der Waals surface area contributed by atoms with Crippen LogP contribution in [0.1, 0.15) is 24.4 Å². The standard InChI is InChI=1S/C21H22F2N4O/c1-14-13-16(3-8-19(14)23)20-24-21(28-25-20)15(2)26-9-11-27(12-10-26)18-6-4-17(22)5-7-18/h3-8,13,15H,9-12H2,1-2H3. The normalized spacial score (nSPS) is 16.4. The van der Waals surface area contributed by atoms with Crippen molar-refractivity contribution in [3.63, 3.8) is 0 Å². The van der Waals surface area contributed by atoms with Crippen LogP contribution in [0, 0.1) is 18.6 Å². The van der Waals surface area contributed by atoms with Gasteiger partial charge in [-0.1, -0.05) is 5.16 Å². The number of nitrogens with zero attached hydrogens (tertiary/aromatic N) is 4. The zero-order valence-electron chi connectivity index (χ0n) is 15.9. The lowest BCUT2D eigenvalue weighted by Crippen LogP contribution is -2.47. The van der Waals surface area contributed by atoms with Crippen molar-refractivity contribution in [2.75, 3.05) is 31.1 Å². The van der Waals surface area contributed by atoms with E-state index in [0.717, 1.165) is 37.4 Å². The molecule has 1 fully saturated rings. The maximum absolute atomic E-state index is 13.5. The molecule has 0 bridgehead atoms. The van der Waals surface area contributed by atoms with Gasteiger partial charge in [0.05, 0.1) is 6.04 Å². The van der Waals surface area contributed by atoms with E-state index >= 15 is 0 Å². The Morgan fingerprint density at radius 2 is 1.71 bits per heavy atom. The molecule has 146 valence electrons. The van der Waals surface area contributed by atoms with E-state index in [-0.39, 0.29) is 17.7 Å². The number of benzene rings is 2. The van der Waals surface area contributed by atoms with Crippen molar-refractivity contribution >= 4 is 5.69 Å². The van der Waals surface area contributed by atoms with Gasteiger partial charge in [-0.25, -0.2) is 8.78 Å². The Morgan fingerprint density at radius 1 is 1.00 bits per heavy atom. The van der Waals surface area contributed by atoms with Gasteiger partial charge in [-0.3, -0.25) is 4.90 Å². The number of hydrogen-bond acceptors (Lipinski definition) is 5. The predicted octanol–water partition coefficient (Wildman–Crippen LogP) is 4.21. The van der Waals surface area contributed by atoms with Crippen LogP contribution in [0.2, 0.25) is 0 Å². The third kappa shape index (κ3) is 3.75. The minimum atomic E-state index is -0.250. The Labute approximate surface area is 162 Å². The van der Waals surface area contributed by atoms with Gasteiger partial charge in [0.1, 0.15) is 11.6 Å². The van der Waals surface area contributed by atoms with Gasteiger partial charge in [0, 0.05) is 37.4 Å². The first-order valence-corrected chi connectivity index (χ1v) is 9.36. The molecule has 0 aliphatic carbocycles. The monoisotopic (exact) mass is 384 g/mol. The highest BCUT2D eigenvalue weighted by Crippen LogP contribution is 2.26. The Balaban J connectivity index is 1.41. The second-order valence-corrected chi connectivity index (χ2v) is 7.10. The van der Waals surface area contributed by atoms with Crippen LogP contribution < -0.4 is 4.90 Å². The molecular formula is C21H22F2N4O. The fourth-order valence-corrected chi connectivity index (χ4v) is 3.48. The number of anilines is 1. The first kappa shape index (κ1) is 18.6. The average molecular weight is 384 g/mol. The number of rotatable bonds is 4. The third-order valence-electron chi connectivity index (χ3n) is 5.27. The van der Waals surface area contributed by atoms with Gasteiger partial charge < -0.3 is 9.42 Å². The zero-order valence-corrected chi connectivity index (χ0v) is 15.9. The highest BCUT2D eigenvalue weighted by atomic mass is 19.1. The molecule has 4 rings (SSSR count). The summed E-state index contributed by atoms with van der Waals surface area (Å²) >= 11 is 0. The lowest BCUT2D eigenvalue weighted by molar-refractivity contribution is 0.164. The van der Waals surface area contributed by atoms with E-state index in [1.807, 2.05) is 19.1 Å². The summed E-state index contributed by atoms with van der Waals surface area (Å²) in [7, 11) is 0. The summed E-state index contributed by atoms with van der Waals surface area (Å²) in [4.78, 5) is 9.04. The maximum atomic E-state index is 13.5. The highest BCUT2D eigenvalue weighted by Gasteiger charge is 2.26. The van der Waals surface area contributed by atoms with Gasteiger partial charge in [0.25, 0.3) is 0 Å². The Morgan fingerprint density at radius 3 is 2.39 bits per heavy atom. The van der Waals surface area contributed by atoms with Crippen molar-refractivity contribution in [1.82, 2.24) is 15.0 Å². The molecule has 0 radical (unpaired) electrons. The van der Waals surface area contributed by atoms with Crippen LogP contribution in [0.4, 0.5) is 14.5 Å². The van der Waals surface area contributed by atoms with Crippen molar-refractivity contribution in [1.29, 1.82) is 0 Å². The summed E-state index contributed by atoms with van der Waals surface area (Å²) in [5.41, 5.74) is 2.32. The molecule has 1 saturated heterocycles. The summed E-state index contributed by atoms with van der Waals surface area (Å²) in [6.07, 6.45) is 0. The van der Waals surface area contributed by atoms with Crippen LogP contribution in [0.15, 0.2) is 47.0 Å². The van der Waals surface area contributed by atoms with E-state index in [9.17, 15) is 8.78 Å². The number of hydrogen-bond donors (Lipinski definition) is 0. The summed E-state index contributed by atoms with van der Waals surface area (Å²) in [5, 5.41) is 4.06. The SMILES string of the molecule is Cc1cc(-c2noc(C(C)N3CCN(c4ccc(F)cc4)CC3)n2)ccc1F. The average Bonchev–Trinajstić information content (AvgIpc) is 3.20. The van der Waals surface area contributed by atoms with Crippen molar-refractivity contribution in [2.45, 2.75) is 19.9 Å². The van der Waals surface area contributed by atoms with E-state index in [2.05, 4.69) is 19.9 Å². The van der Waals surface area contributed by atoms with Gasteiger partial charge in [-0.15, -0.1) is 0 Å². The number of aryl methyl sites for hydroxylation is 1. The van der Waals surface area contributed by atoms with E-state index in [0.29, 0.717) is 17.3 Å². The molecule has 0 N–H and O–H groups in total. The zero-order chi connectivity index (χ0) is 19.7. The van der Waals surface area contributed by atoms with Gasteiger partial charge in [-0.05, 0) is 61.9 Å². The Hall–Kier alpha value is -2.80. The number of halogens is 2. The maximum Gasteiger partial charge on any atom is 0.244 e. The van der Waals surface area contributed by atoms with E-state index in [1.54, 1.807) is 19.1 Å². The Bertz CT molecular complexity index is 949. The number of piperazine rings is 1. The van der Waals surface area contributed by atoms with Gasteiger partial charge in [0.2, 0.25) is 11.7 Å². The lowest BCUT2D eigenvalue weighted by Gasteiger charge is -2.38. The van der Waals surface area contributed by atoms with Gasteiger partial charge in [-0.2, -0.15) is 4.98 Å². The quantitative estimate of drug-likeness (QED) is 0.674. The van der Waals surface area contributed by atoms with Crippen LogP contribution in [0.3, 0.4) is 0 Å². The van der Waals surface area contributed by atoms with E-state index in [4.69, 9.17) is 4.52 Å². The van der Waals surface area contributed by atoms with Gasteiger partial charge >= 0.3 is 0 Å². The molecule has 2 aromatic carbocycles. The van der Waals surface area contributed by atoms with E-state index < -0.39 is 0 Å². The lowest BCUT2D eigenvalue weighted by atomic mass is 10.1. The summed E-state index contributed by atoms with van der Waals surface area (Å²) in [6.45, 7) is 7.11. The van der Waals surface area contributed by atoms with Crippen LogP contribution >= 0.6 is 0 Å². The smallest absolute Gasteiger partial charge is 0.244 e. The predicted molar refractivity (Wildman–Crippen MR) is 103 cm³/mol. The first-order chi connectivity index (χ1) is 13.5. The minimum Gasteiger partial charge on any atom is -0.369 e. The molecule has 0 amide bonds. The Kier molecular flexibility index (Phi) is 5.09. The fourth-order valence-electron chi connectivity index (χ4n) is 3.48. The van der Waals surface area contributed by atoms with Crippen LogP contribution in [-0.4, -0.2) is 41.2 Å². The van der Waals surface area contributed by atoms with Crippen molar-refractivity contribution in [2.24, 2.45) is 0 Å². The molecule has 0 spiro atoms. The first-order valence-electron chi connectivity index (χ1n) is 9.36. The molecule has 7 heteroatoms. The van der Waals surface area contributed by atoms with Gasteiger partial charge in [0.15, 0.2) is 0 Å². The topological polar surface area (TPSA) is 45.4 Å². The van der Waals surface area contributed by atoms with Crippen LogP contribution in [0.5, 0.6) is 0 Å². The van der Waals surface area contributed by atoms with Crippen LogP contribution in [0.25, 0.3) is 11.4 Å². The number of aromatic nitrogens is 2. The highest BCUT2D eigenvalue weighted by molar-refractivity contribution is 5.55. The van der Waals surface area contributed by atoms with Crippen molar-refractivity contribution < 1.29 is 13.3 Å². The largest absolute Gasteiger partial charge is 0.369 e. The second kappa shape index (κ2) is 7.67. The molecule has 2 heterocycles. The molecule has 0 saturated carbocycles. The van der Waals surface area contributed by atoms with Crippen molar-refractivity contribution in [3.05, 3.63) is 65.6 Å². The molecule has 1 aliphatic rings. The molecule has 28 heavy (non-hydrogen) atoms. The fraction of sp³-hybridized carbons (Fsp3) is 0.333. The van der Waals surface area contributed by atoms with Crippen LogP contribution in [-0.2, 0) is 0 Å². The molecule has 5 nitrogen and oxygen atoms in total. The molecule has 3 aromatic rings. The summed E-state index contributed by atoms with van der Waals surface area (Å²) in [6, 6.07) is 11.4. The summed E-state index contributed by atoms with van der Waals surface area (Å²) < 4.78 is 32.1. The van der Waals surface area contributed by atoms with E-state index in [1.165, 1.54) is 18.2 Å². The molecule has 1 atom stereocenters. The summed E-state index contributed by atoms with van der Waals surface area (Å²) in [5.74, 6) is 0.543. The molecule has 1 unspecified atom stereocenters. The molecule has 1 aliphatic heterocycles. The third-order valence-corrected chi connectivity index (χ3v) is 5.27.